The van der Waals surface area contributed by atoms with Crippen LogP contribution in [-0.4, -0.2) is 38.2 Å². The van der Waals surface area contributed by atoms with Crippen LogP contribution in [0.2, 0.25) is 5.02 Å². The number of halogens is 1. The van der Waals surface area contributed by atoms with Gasteiger partial charge in [0.15, 0.2) is 5.82 Å². The molecule has 33 heavy (non-hydrogen) atoms. The molecule has 4 aromatic rings. The summed E-state index contributed by atoms with van der Waals surface area (Å²) in [7, 11) is 0. The van der Waals surface area contributed by atoms with Crippen molar-refractivity contribution >= 4 is 28.3 Å². The second-order valence-corrected chi connectivity index (χ2v) is 9.06. The lowest BCUT2D eigenvalue weighted by Gasteiger charge is -2.29. The maximum Gasteiger partial charge on any atom is 0.227 e. The first-order chi connectivity index (χ1) is 16.2. The van der Waals surface area contributed by atoms with E-state index in [-0.39, 0.29) is 5.91 Å². The van der Waals surface area contributed by atoms with Gasteiger partial charge in [0.1, 0.15) is 6.33 Å². The van der Waals surface area contributed by atoms with Gasteiger partial charge >= 0.3 is 0 Å². The third kappa shape index (κ3) is 4.79. The Labute approximate surface area is 199 Å². The monoisotopic (exact) mass is 458 g/mol. The summed E-state index contributed by atoms with van der Waals surface area (Å²) in [6.45, 7) is 1.23. The quantitative estimate of drug-likeness (QED) is 0.353. The molecule has 0 aliphatic heterocycles. The summed E-state index contributed by atoms with van der Waals surface area (Å²) in [5, 5.41) is 7.56. The lowest BCUT2D eigenvalue weighted by atomic mass is 10.0. The summed E-state index contributed by atoms with van der Waals surface area (Å²) in [4.78, 5) is 20.0. The fourth-order valence-electron chi connectivity index (χ4n) is 4.82. The molecule has 0 bridgehead atoms. The third-order valence-electron chi connectivity index (χ3n) is 6.53. The van der Waals surface area contributed by atoms with E-state index in [2.05, 4.69) is 39.2 Å². The molecule has 0 saturated heterocycles. The lowest BCUT2D eigenvalue weighted by Crippen LogP contribution is -2.41. The minimum absolute atomic E-state index is 0.185. The molecule has 1 fully saturated rings. The van der Waals surface area contributed by atoms with Gasteiger partial charge < -0.3 is 4.90 Å². The number of rotatable bonds is 7. The van der Waals surface area contributed by atoms with Gasteiger partial charge in [0, 0.05) is 18.2 Å². The Bertz CT molecular complexity index is 1260. The highest BCUT2D eigenvalue weighted by atomic mass is 35.5. The zero-order valence-corrected chi connectivity index (χ0v) is 19.3. The van der Waals surface area contributed by atoms with E-state index in [1.807, 2.05) is 47.1 Å². The van der Waals surface area contributed by atoms with Crippen LogP contribution in [0.3, 0.4) is 0 Å². The van der Waals surface area contributed by atoms with Crippen LogP contribution >= 0.6 is 11.6 Å². The van der Waals surface area contributed by atoms with Gasteiger partial charge in [0.25, 0.3) is 0 Å². The molecule has 1 saturated carbocycles. The molecule has 1 aliphatic carbocycles. The van der Waals surface area contributed by atoms with Gasteiger partial charge in [-0.15, -0.1) is 0 Å². The van der Waals surface area contributed by atoms with Crippen LogP contribution in [0.25, 0.3) is 22.2 Å². The van der Waals surface area contributed by atoms with E-state index in [1.54, 1.807) is 6.33 Å². The van der Waals surface area contributed by atoms with Gasteiger partial charge in [-0.05, 0) is 41.3 Å². The normalized spacial score (nSPS) is 14.1. The Morgan fingerprint density at radius 2 is 1.76 bits per heavy atom. The molecule has 168 valence electrons. The number of hydrogen-bond acceptors (Lipinski definition) is 3. The van der Waals surface area contributed by atoms with Crippen molar-refractivity contribution in [2.45, 2.75) is 44.7 Å². The van der Waals surface area contributed by atoms with Crippen molar-refractivity contribution in [1.82, 2.24) is 19.7 Å². The van der Waals surface area contributed by atoms with E-state index in [9.17, 15) is 4.79 Å². The Balaban J connectivity index is 1.32. The van der Waals surface area contributed by atoms with E-state index < -0.39 is 0 Å². The molecule has 0 N–H and O–H groups in total. The summed E-state index contributed by atoms with van der Waals surface area (Å²) >= 11 is 6.30. The second-order valence-electron chi connectivity index (χ2n) is 8.65. The summed E-state index contributed by atoms with van der Waals surface area (Å²) in [5.74, 6) is 0.791. The van der Waals surface area contributed by atoms with Crippen molar-refractivity contribution in [3.8, 4) is 11.4 Å². The number of nitrogens with zero attached hydrogens (tertiary/aromatic N) is 4. The SMILES string of the molecule is O=C(Cc1cccc2ccccc12)N(CCn1cnc(-c2ccccc2Cl)n1)C1CCCC1. The zero-order valence-electron chi connectivity index (χ0n) is 18.5. The van der Waals surface area contributed by atoms with Gasteiger partial charge in [-0.3, -0.25) is 9.48 Å². The topological polar surface area (TPSA) is 51.0 Å². The zero-order chi connectivity index (χ0) is 22.6. The number of fused-ring (bicyclic) bond motifs is 1. The molecule has 0 radical (unpaired) electrons. The Morgan fingerprint density at radius 1 is 1.00 bits per heavy atom. The van der Waals surface area contributed by atoms with Crippen molar-refractivity contribution in [2.24, 2.45) is 0 Å². The van der Waals surface area contributed by atoms with E-state index >= 15 is 0 Å². The van der Waals surface area contributed by atoms with Gasteiger partial charge in [0.2, 0.25) is 5.91 Å². The molecule has 1 aromatic heterocycles. The van der Waals surface area contributed by atoms with Crippen LogP contribution in [-0.2, 0) is 17.8 Å². The predicted octanol–water partition coefficient (Wildman–Crippen LogP) is 5.77. The minimum Gasteiger partial charge on any atom is -0.338 e. The molecule has 0 unspecified atom stereocenters. The summed E-state index contributed by atoms with van der Waals surface area (Å²) in [6, 6.07) is 22.4. The summed E-state index contributed by atoms with van der Waals surface area (Å²) in [6.07, 6.45) is 6.65. The van der Waals surface area contributed by atoms with Gasteiger partial charge in [0.05, 0.1) is 18.0 Å². The largest absolute Gasteiger partial charge is 0.338 e. The smallest absolute Gasteiger partial charge is 0.227 e. The maximum absolute atomic E-state index is 13.5. The molecule has 1 amide bonds. The summed E-state index contributed by atoms with van der Waals surface area (Å²) in [5.41, 5.74) is 1.90. The molecule has 6 heteroatoms. The highest BCUT2D eigenvalue weighted by Crippen LogP contribution is 2.26. The van der Waals surface area contributed by atoms with Gasteiger partial charge in [-0.2, -0.15) is 5.10 Å². The molecular formula is C27H27ClN4O. The highest BCUT2D eigenvalue weighted by molar-refractivity contribution is 6.33. The molecular weight excluding hydrogens is 432 g/mol. The number of benzene rings is 3. The predicted molar refractivity (Wildman–Crippen MR) is 132 cm³/mol. The minimum atomic E-state index is 0.185. The lowest BCUT2D eigenvalue weighted by molar-refractivity contribution is -0.132. The molecule has 0 atom stereocenters. The van der Waals surface area contributed by atoms with Crippen LogP contribution in [0.1, 0.15) is 31.2 Å². The molecule has 3 aromatic carbocycles. The van der Waals surface area contributed by atoms with Crippen molar-refractivity contribution in [3.05, 3.63) is 83.6 Å². The first-order valence-electron chi connectivity index (χ1n) is 11.6. The number of carbonyl (C=O) groups excluding carboxylic acids is 1. The highest BCUT2D eigenvalue weighted by Gasteiger charge is 2.27. The van der Waals surface area contributed by atoms with Gasteiger partial charge in [-0.1, -0.05) is 79.0 Å². The fraction of sp³-hybridized carbons (Fsp3) is 0.296. The third-order valence-corrected chi connectivity index (χ3v) is 6.86. The fourth-order valence-corrected chi connectivity index (χ4v) is 5.04. The Hall–Kier alpha value is -3.18. The van der Waals surface area contributed by atoms with Crippen molar-refractivity contribution < 1.29 is 4.79 Å². The van der Waals surface area contributed by atoms with Crippen LogP contribution in [0.5, 0.6) is 0 Å². The van der Waals surface area contributed by atoms with E-state index in [0.717, 1.165) is 29.4 Å². The van der Waals surface area contributed by atoms with Crippen molar-refractivity contribution in [1.29, 1.82) is 0 Å². The average Bonchev–Trinajstić information content (AvgIpc) is 3.53. The maximum atomic E-state index is 13.5. The van der Waals surface area contributed by atoms with Crippen molar-refractivity contribution in [3.63, 3.8) is 0 Å². The molecule has 1 aliphatic rings. The van der Waals surface area contributed by atoms with Crippen LogP contribution < -0.4 is 0 Å². The number of aromatic nitrogens is 3. The van der Waals surface area contributed by atoms with E-state index in [1.165, 1.54) is 18.2 Å². The van der Waals surface area contributed by atoms with Crippen LogP contribution in [0, 0.1) is 0 Å². The first kappa shape index (κ1) is 21.7. The van der Waals surface area contributed by atoms with Crippen molar-refractivity contribution in [2.75, 3.05) is 6.54 Å². The second kappa shape index (κ2) is 9.75. The van der Waals surface area contributed by atoms with Crippen LogP contribution in [0.15, 0.2) is 73.1 Å². The van der Waals surface area contributed by atoms with Crippen LogP contribution in [0.4, 0.5) is 0 Å². The Kier molecular flexibility index (Phi) is 6.40. The number of hydrogen-bond donors (Lipinski definition) is 0. The molecule has 5 nitrogen and oxygen atoms in total. The van der Waals surface area contributed by atoms with Gasteiger partial charge in [-0.25, -0.2) is 4.98 Å². The first-order valence-corrected chi connectivity index (χ1v) is 12.0. The number of amides is 1. The summed E-state index contributed by atoms with van der Waals surface area (Å²) < 4.78 is 1.81. The molecule has 5 rings (SSSR count). The van der Waals surface area contributed by atoms with E-state index in [4.69, 9.17) is 11.6 Å². The average molecular weight is 459 g/mol. The number of carbonyl (C=O) groups is 1. The molecule has 0 spiro atoms. The Morgan fingerprint density at radius 3 is 2.61 bits per heavy atom. The van der Waals surface area contributed by atoms with E-state index in [0.29, 0.717) is 36.4 Å². The standard InChI is InChI=1S/C27H27ClN4O/c28-25-15-6-5-14-24(25)27-29-19-31(30-27)16-17-32(22-11-2-3-12-22)26(33)18-21-10-7-9-20-8-1-4-13-23(20)21/h1,4-10,13-15,19,22H,2-3,11-12,16-18H2. The molecule has 1 heterocycles.